The molecule has 0 radical (unpaired) electrons. The first-order valence-corrected chi connectivity index (χ1v) is 8.46. The maximum Gasteiger partial charge on any atom is 0.308 e. The minimum absolute atomic E-state index is 0.0278. The molecule has 2 rings (SSSR count). The molecule has 2 heteroatoms. The zero-order valence-electron chi connectivity index (χ0n) is 14.9. The predicted octanol–water partition coefficient (Wildman–Crippen LogP) is 4.99. The molecule has 3 atom stereocenters. The van der Waals surface area contributed by atoms with E-state index in [0.717, 1.165) is 19.3 Å². The molecule has 3 unspecified atom stereocenters. The van der Waals surface area contributed by atoms with Gasteiger partial charge in [0.05, 0.1) is 13.0 Å². The number of rotatable bonds is 5. The van der Waals surface area contributed by atoms with Crippen LogP contribution >= 0.6 is 0 Å². The maximum atomic E-state index is 11.6. The van der Waals surface area contributed by atoms with Gasteiger partial charge in [-0.3, -0.25) is 4.79 Å². The van der Waals surface area contributed by atoms with E-state index in [0.29, 0.717) is 11.8 Å². The zero-order chi connectivity index (χ0) is 16.5. The topological polar surface area (TPSA) is 26.3 Å². The monoisotopic (exact) mass is 302 g/mol. The van der Waals surface area contributed by atoms with Gasteiger partial charge in [0.25, 0.3) is 0 Å². The summed E-state index contributed by atoms with van der Waals surface area (Å²) in [5.41, 5.74) is 4.40. The molecule has 1 saturated carbocycles. The zero-order valence-corrected chi connectivity index (χ0v) is 14.9. The average molecular weight is 302 g/mol. The molecule has 1 aromatic rings. The van der Waals surface area contributed by atoms with Crippen LogP contribution in [0.4, 0.5) is 0 Å². The fourth-order valence-electron chi connectivity index (χ4n) is 3.37. The third-order valence-electron chi connectivity index (χ3n) is 5.09. The van der Waals surface area contributed by atoms with Crippen molar-refractivity contribution < 1.29 is 9.53 Å². The number of carbonyl (C=O) groups is 1. The van der Waals surface area contributed by atoms with Gasteiger partial charge in [-0.1, -0.05) is 45.9 Å². The highest BCUT2D eigenvalue weighted by molar-refractivity contribution is 5.75. The summed E-state index contributed by atoms with van der Waals surface area (Å²) >= 11 is 0. The number of methoxy groups -OCH3 is 1. The van der Waals surface area contributed by atoms with Crippen molar-refractivity contribution in [3.63, 3.8) is 0 Å². The summed E-state index contributed by atoms with van der Waals surface area (Å²) in [6, 6.07) is 6.89. The molecule has 22 heavy (non-hydrogen) atoms. The molecule has 2 nitrogen and oxygen atoms in total. The molecule has 0 N–H and O–H groups in total. The van der Waals surface area contributed by atoms with Gasteiger partial charge in [-0.05, 0) is 60.1 Å². The van der Waals surface area contributed by atoms with Gasteiger partial charge in [-0.25, -0.2) is 0 Å². The lowest BCUT2D eigenvalue weighted by molar-refractivity contribution is -0.142. The van der Waals surface area contributed by atoms with Gasteiger partial charge in [-0.15, -0.1) is 0 Å². The summed E-state index contributed by atoms with van der Waals surface area (Å²) in [4.78, 5) is 11.6. The standard InChI is InChI=1S/C20H30O2/c1-7-14(10-15-11-18(15)19(21)22-6)17-12-16(20(3,4)5)9-8-13(17)2/h8-9,12,14-15,18H,7,10-11H2,1-6H3. The van der Waals surface area contributed by atoms with Crippen LogP contribution in [0, 0.1) is 18.8 Å². The predicted molar refractivity (Wildman–Crippen MR) is 91.1 cm³/mol. The molecule has 0 aliphatic heterocycles. The SMILES string of the molecule is CCC(CC1CC1C(=O)OC)c1cc(C(C)(C)C)ccc1C. The summed E-state index contributed by atoms with van der Waals surface area (Å²) in [6.45, 7) is 11.2. The van der Waals surface area contributed by atoms with E-state index < -0.39 is 0 Å². The highest BCUT2D eigenvalue weighted by Gasteiger charge is 2.44. The summed E-state index contributed by atoms with van der Waals surface area (Å²) < 4.78 is 4.87. The minimum Gasteiger partial charge on any atom is -0.469 e. The highest BCUT2D eigenvalue weighted by atomic mass is 16.5. The van der Waals surface area contributed by atoms with E-state index in [-0.39, 0.29) is 17.3 Å². The van der Waals surface area contributed by atoms with E-state index in [1.807, 2.05) is 0 Å². The molecule has 0 aromatic heterocycles. The number of ether oxygens (including phenoxy) is 1. The van der Waals surface area contributed by atoms with Gasteiger partial charge >= 0.3 is 5.97 Å². The second-order valence-electron chi connectivity index (χ2n) is 7.79. The van der Waals surface area contributed by atoms with Crippen LogP contribution in [0.3, 0.4) is 0 Å². The van der Waals surface area contributed by atoms with Crippen molar-refractivity contribution in [1.82, 2.24) is 0 Å². The number of esters is 1. The Morgan fingerprint density at radius 1 is 1.36 bits per heavy atom. The second kappa shape index (κ2) is 6.44. The number of hydrogen-bond acceptors (Lipinski definition) is 2. The first-order valence-electron chi connectivity index (χ1n) is 8.46. The lowest BCUT2D eigenvalue weighted by Crippen LogP contribution is -2.13. The average Bonchev–Trinajstić information content (AvgIpc) is 3.22. The van der Waals surface area contributed by atoms with Crippen molar-refractivity contribution in [2.45, 2.75) is 65.2 Å². The number of carbonyl (C=O) groups excluding carboxylic acids is 1. The lowest BCUT2D eigenvalue weighted by atomic mass is 9.81. The highest BCUT2D eigenvalue weighted by Crippen LogP contribution is 2.47. The Kier molecular flexibility index (Phi) is 4.99. The van der Waals surface area contributed by atoms with Crippen LogP contribution in [0.15, 0.2) is 18.2 Å². The Bertz CT molecular complexity index is 539. The Hall–Kier alpha value is -1.31. The molecule has 0 amide bonds. The van der Waals surface area contributed by atoms with Gasteiger partial charge in [-0.2, -0.15) is 0 Å². The van der Waals surface area contributed by atoms with Gasteiger partial charge in [0.1, 0.15) is 0 Å². The summed E-state index contributed by atoms with van der Waals surface area (Å²) in [5, 5.41) is 0. The van der Waals surface area contributed by atoms with Crippen molar-refractivity contribution in [2.24, 2.45) is 11.8 Å². The molecule has 0 bridgehead atoms. The molecule has 0 saturated heterocycles. The van der Waals surface area contributed by atoms with Crippen molar-refractivity contribution in [2.75, 3.05) is 7.11 Å². The molecule has 1 aliphatic carbocycles. The number of aryl methyl sites for hydroxylation is 1. The summed E-state index contributed by atoms with van der Waals surface area (Å²) in [5.74, 6) is 1.17. The second-order valence-corrected chi connectivity index (χ2v) is 7.79. The molecule has 122 valence electrons. The third kappa shape index (κ3) is 3.71. The number of benzene rings is 1. The summed E-state index contributed by atoms with van der Waals surface area (Å²) in [7, 11) is 1.49. The third-order valence-corrected chi connectivity index (χ3v) is 5.09. The van der Waals surface area contributed by atoms with Gasteiger partial charge in [0.2, 0.25) is 0 Å². The van der Waals surface area contributed by atoms with Gasteiger partial charge in [0, 0.05) is 0 Å². The Labute approximate surface area is 135 Å². The van der Waals surface area contributed by atoms with E-state index in [4.69, 9.17) is 4.74 Å². The van der Waals surface area contributed by atoms with Crippen LogP contribution < -0.4 is 0 Å². The van der Waals surface area contributed by atoms with E-state index in [1.165, 1.54) is 23.8 Å². The molecule has 0 heterocycles. The van der Waals surface area contributed by atoms with Crippen LogP contribution in [0.25, 0.3) is 0 Å². The first-order chi connectivity index (χ1) is 10.3. The largest absolute Gasteiger partial charge is 0.469 e. The normalized spacial score (nSPS) is 22.3. The summed E-state index contributed by atoms with van der Waals surface area (Å²) in [6.07, 6.45) is 3.23. The van der Waals surface area contributed by atoms with Gasteiger partial charge in [0.15, 0.2) is 0 Å². The minimum atomic E-state index is -0.0278. The molecule has 0 spiro atoms. The molecule has 1 aliphatic rings. The maximum absolute atomic E-state index is 11.6. The Morgan fingerprint density at radius 3 is 2.59 bits per heavy atom. The quantitative estimate of drug-likeness (QED) is 0.717. The molecular weight excluding hydrogens is 272 g/mol. The molecule has 1 fully saturated rings. The van der Waals surface area contributed by atoms with Crippen molar-refractivity contribution in [3.05, 3.63) is 34.9 Å². The Morgan fingerprint density at radius 2 is 2.05 bits per heavy atom. The molecule has 1 aromatic carbocycles. The van der Waals surface area contributed by atoms with Crippen molar-refractivity contribution in [3.8, 4) is 0 Å². The number of hydrogen-bond donors (Lipinski definition) is 0. The van der Waals surface area contributed by atoms with E-state index in [1.54, 1.807) is 0 Å². The van der Waals surface area contributed by atoms with E-state index in [9.17, 15) is 4.79 Å². The van der Waals surface area contributed by atoms with Crippen LogP contribution in [-0.4, -0.2) is 13.1 Å². The fourth-order valence-corrected chi connectivity index (χ4v) is 3.37. The fraction of sp³-hybridized carbons (Fsp3) is 0.650. The van der Waals surface area contributed by atoms with E-state index >= 15 is 0 Å². The van der Waals surface area contributed by atoms with Crippen LogP contribution in [0.2, 0.25) is 0 Å². The molecular formula is C20H30O2. The van der Waals surface area contributed by atoms with Crippen LogP contribution in [-0.2, 0) is 14.9 Å². The van der Waals surface area contributed by atoms with Gasteiger partial charge < -0.3 is 4.74 Å². The van der Waals surface area contributed by atoms with Crippen molar-refractivity contribution in [1.29, 1.82) is 0 Å². The Balaban J connectivity index is 2.16. The van der Waals surface area contributed by atoms with Crippen LogP contribution in [0.1, 0.15) is 69.6 Å². The smallest absolute Gasteiger partial charge is 0.308 e. The lowest BCUT2D eigenvalue weighted by Gasteiger charge is -2.24. The first kappa shape index (κ1) is 17.1. The van der Waals surface area contributed by atoms with E-state index in [2.05, 4.69) is 52.8 Å². The van der Waals surface area contributed by atoms with Crippen molar-refractivity contribution >= 4 is 5.97 Å². The van der Waals surface area contributed by atoms with Crippen LogP contribution in [0.5, 0.6) is 0 Å².